The Morgan fingerprint density at radius 3 is 2.34 bits per heavy atom. The molecule has 10 heteroatoms. The van der Waals surface area contributed by atoms with E-state index in [4.69, 9.17) is 4.74 Å². The molecule has 2 saturated carbocycles. The normalized spacial score (nSPS) is 33.4. The largest absolute Gasteiger partial charge is 0.469 e. The number of esters is 1. The second-order valence-electron chi connectivity index (χ2n) is 13.8. The van der Waals surface area contributed by atoms with Gasteiger partial charge in [-0.25, -0.2) is 0 Å². The Morgan fingerprint density at radius 2 is 1.70 bits per heavy atom. The van der Waals surface area contributed by atoms with Crippen LogP contribution in [-0.4, -0.2) is 59.7 Å². The number of carbonyl (C=O) groups excluding carboxylic acids is 2. The van der Waals surface area contributed by atoms with Crippen molar-refractivity contribution in [1.82, 2.24) is 4.90 Å². The lowest BCUT2D eigenvalue weighted by molar-refractivity contribution is -0.362. The molecule has 0 radical (unpaired) electrons. The molecule has 0 unspecified atom stereocenters. The summed E-state index contributed by atoms with van der Waals surface area (Å²) in [6, 6.07) is 7.84. The van der Waals surface area contributed by atoms with Gasteiger partial charge in [0.1, 0.15) is 5.60 Å². The van der Waals surface area contributed by atoms with Gasteiger partial charge in [0.15, 0.2) is 5.78 Å². The highest BCUT2D eigenvalue weighted by atomic mass is 19.4. The van der Waals surface area contributed by atoms with E-state index in [-0.39, 0.29) is 36.4 Å². The number of ketones is 1. The molecule has 44 heavy (non-hydrogen) atoms. The van der Waals surface area contributed by atoms with Gasteiger partial charge < -0.3 is 9.84 Å². The zero-order valence-electron chi connectivity index (χ0n) is 25.2. The molecule has 240 valence electrons. The average molecular weight is 622 g/mol. The molecule has 0 aromatic heterocycles. The van der Waals surface area contributed by atoms with Gasteiger partial charge in [-0.05, 0) is 105 Å². The molecule has 0 bridgehead atoms. The first-order chi connectivity index (χ1) is 20.7. The van der Waals surface area contributed by atoms with Gasteiger partial charge in [-0.3, -0.25) is 14.5 Å². The van der Waals surface area contributed by atoms with Crippen molar-refractivity contribution < 1.29 is 41.4 Å². The van der Waals surface area contributed by atoms with Crippen LogP contribution < -0.4 is 0 Å². The molecule has 1 N–H and O–H groups in total. The number of rotatable bonds is 5. The van der Waals surface area contributed by atoms with E-state index >= 15 is 8.78 Å². The van der Waals surface area contributed by atoms with Gasteiger partial charge in [0.05, 0.1) is 13.0 Å². The topological polar surface area (TPSA) is 66.8 Å². The Morgan fingerprint density at radius 1 is 1.02 bits per heavy atom. The second-order valence-corrected chi connectivity index (χ2v) is 13.8. The van der Waals surface area contributed by atoms with E-state index in [1.165, 1.54) is 14.0 Å². The SMILES string of the molecule is COC(=O)C1CCN(Cc2ccc([C@H]3C[C@@]4(C)[C@@H](CC[C@@]4(O)C(F)(F)C(F)(F)F)[C@@H]4CCC5=CC(=O)CCC5=C43)cc2)CC1. The number of ether oxygens (including phenoxy) is 1. The number of hydrogen-bond acceptors (Lipinski definition) is 5. The number of fused-ring (bicyclic) bond motifs is 4. The predicted octanol–water partition coefficient (Wildman–Crippen LogP) is 6.90. The Kier molecular flexibility index (Phi) is 7.88. The number of nitrogens with zero attached hydrogens (tertiary/aromatic N) is 1. The molecular weight excluding hydrogens is 581 g/mol. The maximum atomic E-state index is 15.2. The Hall–Kier alpha value is -2.59. The van der Waals surface area contributed by atoms with E-state index in [0.29, 0.717) is 45.1 Å². The second kappa shape index (κ2) is 11.0. The van der Waals surface area contributed by atoms with Crippen LogP contribution in [-0.2, 0) is 20.9 Å². The molecule has 1 aromatic rings. The summed E-state index contributed by atoms with van der Waals surface area (Å²) in [5.74, 6) is -6.69. The van der Waals surface area contributed by atoms with Gasteiger partial charge in [-0.2, -0.15) is 22.0 Å². The van der Waals surface area contributed by atoms with Crippen LogP contribution in [0, 0.1) is 23.2 Å². The zero-order chi connectivity index (χ0) is 31.7. The minimum Gasteiger partial charge on any atom is -0.469 e. The summed E-state index contributed by atoms with van der Waals surface area (Å²) in [6.07, 6.45) is -1.27. The lowest BCUT2D eigenvalue weighted by Gasteiger charge is -2.56. The summed E-state index contributed by atoms with van der Waals surface area (Å²) in [4.78, 5) is 26.4. The van der Waals surface area contributed by atoms with Gasteiger partial charge in [-0.15, -0.1) is 0 Å². The summed E-state index contributed by atoms with van der Waals surface area (Å²) in [5.41, 5.74) is 0.0625. The first kappa shape index (κ1) is 31.4. The molecule has 0 amide bonds. The van der Waals surface area contributed by atoms with Crippen molar-refractivity contribution in [3.05, 3.63) is 58.2 Å². The van der Waals surface area contributed by atoms with Crippen molar-refractivity contribution in [2.24, 2.45) is 23.2 Å². The molecule has 1 aliphatic heterocycles. The predicted molar refractivity (Wildman–Crippen MR) is 153 cm³/mol. The Labute approximate surface area is 254 Å². The van der Waals surface area contributed by atoms with Crippen molar-refractivity contribution in [2.75, 3.05) is 20.2 Å². The summed E-state index contributed by atoms with van der Waals surface area (Å²) in [6.45, 7) is 3.62. The lowest BCUT2D eigenvalue weighted by atomic mass is 9.50. The van der Waals surface area contributed by atoms with E-state index in [0.717, 1.165) is 40.9 Å². The van der Waals surface area contributed by atoms with Crippen molar-refractivity contribution in [3.8, 4) is 0 Å². The molecule has 3 fully saturated rings. The molecule has 1 saturated heterocycles. The highest BCUT2D eigenvalue weighted by Crippen LogP contribution is 2.70. The molecule has 5 nitrogen and oxygen atoms in total. The highest BCUT2D eigenvalue weighted by Gasteiger charge is 2.79. The molecule has 1 heterocycles. The average Bonchev–Trinajstić information content (AvgIpc) is 3.27. The van der Waals surface area contributed by atoms with Crippen molar-refractivity contribution in [1.29, 1.82) is 0 Å². The third-order valence-corrected chi connectivity index (χ3v) is 11.7. The first-order valence-electron chi connectivity index (χ1n) is 15.7. The van der Waals surface area contributed by atoms with Crippen LogP contribution in [0.4, 0.5) is 22.0 Å². The van der Waals surface area contributed by atoms with Crippen molar-refractivity contribution in [3.63, 3.8) is 0 Å². The Balaban J connectivity index is 1.34. The minimum absolute atomic E-state index is 0.0310. The fourth-order valence-electron chi connectivity index (χ4n) is 9.32. The summed E-state index contributed by atoms with van der Waals surface area (Å²) >= 11 is 0. The number of allylic oxidation sites excluding steroid dienone is 4. The van der Waals surface area contributed by atoms with E-state index < -0.39 is 41.4 Å². The summed E-state index contributed by atoms with van der Waals surface area (Å²) < 4.78 is 76.7. The van der Waals surface area contributed by atoms with Crippen molar-refractivity contribution >= 4 is 11.8 Å². The minimum atomic E-state index is -5.87. The molecule has 4 aliphatic carbocycles. The third kappa shape index (κ3) is 4.86. The number of carbonyl (C=O) groups is 2. The number of halogens is 5. The first-order valence-corrected chi connectivity index (χ1v) is 15.7. The highest BCUT2D eigenvalue weighted by molar-refractivity contribution is 5.93. The fraction of sp³-hybridized carbons (Fsp3) is 0.647. The van der Waals surface area contributed by atoms with Gasteiger partial charge in [0.25, 0.3) is 0 Å². The van der Waals surface area contributed by atoms with Gasteiger partial charge in [0, 0.05) is 24.3 Å². The molecular formula is C34H40F5NO4. The van der Waals surface area contributed by atoms with Crippen LogP contribution in [0.5, 0.6) is 0 Å². The lowest BCUT2D eigenvalue weighted by Crippen LogP contribution is -2.65. The standard InChI is InChI=1S/C34H40F5NO4/c1-31-18-27(21-5-3-20(4-6-21)19-40-15-12-22(13-16-40)30(42)44-2)29-25-10-8-24(41)17-23(25)7-9-26(29)28(31)11-14-32(31,43)33(35,36)34(37,38)39/h3-6,17,22,26-28,43H,7-16,18-19H2,1-2H3/t26-,27+,28-,31-,32-/m0/s1. The number of aliphatic hydroxyl groups is 1. The van der Waals surface area contributed by atoms with E-state index in [1.54, 1.807) is 6.08 Å². The van der Waals surface area contributed by atoms with E-state index in [9.17, 15) is 27.9 Å². The third-order valence-electron chi connectivity index (χ3n) is 11.7. The molecule has 5 atom stereocenters. The number of alkyl halides is 5. The van der Waals surface area contributed by atoms with E-state index in [2.05, 4.69) is 4.90 Å². The van der Waals surface area contributed by atoms with Crippen LogP contribution >= 0.6 is 0 Å². The van der Waals surface area contributed by atoms with Crippen LogP contribution in [0.2, 0.25) is 0 Å². The van der Waals surface area contributed by atoms with Crippen LogP contribution in [0.3, 0.4) is 0 Å². The number of methoxy groups -OCH3 is 1. The van der Waals surface area contributed by atoms with Gasteiger partial charge >= 0.3 is 18.1 Å². The smallest absolute Gasteiger partial charge is 0.456 e. The van der Waals surface area contributed by atoms with Crippen LogP contribution in [0.15, 0.2) is 47.1 Å². The van der Waals surface area contributed by atoms with Gasteiger partial charge in [-0.1, -0.05) is 36.8 Å². The van der Waals surface area contributed by atoms with Gasteiger partial charge in [0.2, 0.25) is 0 Å². The molecule has 6 rings (SSSR count). The number of piperidine rings is 1. The molecule has 0 spiro atoms. The zero-order valence-corrected chi connectivity index (χ0v) is 25.2. The maximum Gasteiger partial charge on any atom is 0.456 e. The number of hydrogen-bond donors (Lipinski definition) is 1. The van der Waals surface area contributed by atoms with Crippen LogP contribution in [0.1, 0.15) is 81.8 Å². The van der Waals surface area contributed by atoms with E-state index in [1.807, 2.05) is 24.3 Å². The molecule has 5 aliphatic rings. The summed E-state index contributed by atoms with van der Waals surface area (Å²) in [7, 11) is 1.40. The Bertz CT molecular complexity index is 1380. The summed E-state index contributed by atoms with van der Waals surface area (Å²) in [5, 5.41) is 11.4. The monoisotopic (exact) mass is 621 g/mol. The fourth-order valence-corrected chi connectivity index (χ4v) is 9.32. The van der Waals surface area contributed by atoms with Crippen molar-refractivity contribution in [2.45, 2.75) is 94.9 Å². The number of benzene rings is 1. The quantitative estimate of drug-likeness (QED) is 0.286. The van der Waals surface area contributed by atoms with Crippen LogP contribution in [0.25, 0.3) is 0 Å². The number of likely N-dealkylation sites (tertiary alicyclic amines) is 1. The maximum absolute atomic E-state index is 15.2. The molecule has 1 aromatic carbocycles.